The Morgan fingerprint density at radius 1 is 0.935 bits per heavy atom. The highest BCUT2D eigenvalue weighted by molar-refractivity contribution is 5.82. The van der Waals surface area contributed by atoms with E-state index in [-0.39, 0.29) is 18.4 Å². The number of nitrogens with zero attached hydrogens (tertiary/aromatic N) is 1. The van der Waals surface area contributed by atoms with E-state index in [1.807, 2.05) is 43.3 Å². The molecule has 3 aromatic carbocycles. The number of fused-ring (bicyclic) bond motifs is 1. The molecule has 1 aliphatic rings. The van der Waals surface area contributed by atoms with Crippen molar-refractivity contribution in [3.05, 3.63) is 101 Å². The maximum absolute atomic E-state index is 12.9. The quantitative estimate of drug-likeness (QED) is 0.463. The number of carbonyl (C=O) groups is 1. The molecule has 1 amide bonds. The number of rotatable bonds is 5. The van der Waals surface area contributed by atoms with Gasteiger partial charge in [-0.05, 0) is 42.0 Å². The van der Waals surface area contributed by atoms with Crippen molar-refractivity contribution < 1.29 is 9.32 Å². The van der Waals surface area contributed by atoms with Crippen LogP contribution in [0.1, 0.15) is 34.8 Å². The van der Waals surface area contributed by atoms with Crippen LogP contribution in [0.3, 0.4) is 0 Å². The van der Waals surface area contributed by atoms with E-state index < -0.39 is 0 Å². The van der Waals surface area contributed by atoms with Crippen LogP contribution in [-0.2, 0) is 17.6 Å². The maximum atomic E-state index is 12.9. The summed E-state index contributed by atoms with van der Waals surface area (Å²) in [4.78, 5) is 12.9. The SMILES string of the molecule is Cc1noc(-c2ccc(-c3ccccc3)cc2)c1CC(=O)N[C@H]1CCc2ccccc21. The Labute approximate surface area is 181 Å². The van der Waals surface area contributed by atoms with Crippen molar-refractivity contribution in [2.45, 2.75) is 32.2 Å². The Hall–Kier alpha value is -3.66. The van der Waals surface area contributed by atoms with E-state index in [4.69, 9.17) is 4.52 Å². The predicted molar refractivity (Wildman–Crippen MR) is 121 cm³/mol. The van der Waals surface area contributed by atoms with E-state index in [2.05, 4.69) is 52.9 Å². The Morgan fingerprint density at radius 2 is 1.61 bits per heavy atom. The van der Waals surface area contributed by atoms with Gasteiger partial charge < -0.3 is 9.84 Å². The Balaban J connectivity index is 1.34. The van der Waals surface area contributed by atoms with Crippen LogP contribution < -0.4 is 5.32 Å². The van der Waals surface area contributed by atoms with Crippen molar-refractivity contribution in [1.82, 2.24) is 10.5 Å². The molecule has 4 nitrogen and oxygen atoms in total. The zero-order chi connectivity index (χ0) is 21.2. The molecule has 0 unspecified atom stereocenters. The van der Waals surface area contributed by atoms with Gasteiger partial charge in [-0.1, -0.05) is 84.0 Å². The van der Waals surface area contributed by atoms with Gasteiger partial charge >= 0.3 is 0 Å². The van der Waals surface area contributed by atoms with E-state index >= 15 is 0 Å². The number of benzene rings is 3. The minimum Gasteiger partial charge on any atom is -0.356 e. The minimum absolute atomic E-state index is 0.00448. The molecule has 1 atom stereocenters. The lowest BCUT2D eigenvalue weighted by Gasteiger charge is -2.14. The number of nitrogens with one attached hydrogen (secondary N) is 1. The lowest BCUT2D eigenvalue weighted by Crippen LogP contribution is -2.28. The highest BCUT2D eigenvalue weighted by Crippen LogP contribution is 2.32. The van der Waals surface area contributed by atoms with Crippen LogP contribution in [0.15, 0.2) is 83.4 Å². The van der Waals surface area contributed by atoms with Gasteiger partial charge in [0.15, 0.2) is 5.76 Å². The molecule has 154 valence electrons. The second-order valence-corrected chi connectivity index (χ2v) is 8.05. The number of hydrogen-bond donors (Lipinski definition) is 1. The first-order valence-corrected chi connectivity index (χ1v) is 10.7. The molecule has 0 saturated heterocycles. The minimum atomic E-state index is -0.00448. The van der Waals surface area contributed by atoms with E-state index in [0.717, 1.165) is 35.2 Å². The van der Waals surface area contributed by atoms with Crippen LogP contribution in [0.25, 0.3) is 22.5 Å². The molecule has 0 spiro atoms. The zero-order valence-electron chi connectivity index (χ0n) is 17.5. The number of hydrogen-bond acceptors (Lipinski definition) is 3. The van der Waals surface area contributed by atoms with Crippen LogP contribution in [0.2, 0.25) is 0 Å². The summed E-state index contributed by atoms with van der Waals surface area (Å²) in [7, 11) is 0. The van der Waals surface area contributed by atoms with Crippen LogP contribution in [0.5, 0.6) is 0 Å². The van der Waals surface area contributed by atoms with Gasteiger partial charge in [0, 0.05) is 11.1 Å². The standard InChI is InChI=1S/C27H24N2O2/c1-18-24(17-26(30)28-25-16-15-21-9-5-6-10-23(21)25)27(31-29-18)22-13-11-20(12-14-22)19-7-3-2-4-8-19/h2-14,25H,15-17H2,1H3,(H,28,30)/t25-/m0/s1. The molecule has 0 radical (unpaired) electrons. The van der Waals surface area contributed by atoms with Crippen molar-refractivity contribution >= 4 is 5.91 Å². The zero-order valence-corrected chi connectivity index (χ0v) is 17.5. The molecule has 0 saturated carbocycles. The molecule has 1 aromatic heterocycles. The average molecular weight is 409 g/mol. The fraction of sp³-hybridized carbons (Fsp3) is 0.185. The highest BCUT2D eigenvalue weighted by Gasteiger charge is 2.25. The first-order chi connectivity index (χ1) is 15.2. The van der Waals surface area contributed by atoms with Crippen LogP contribution in [-0.4, -0.2) is 11.1 Å². The van der Waals surface area contributed by atoms with Gasteiger partial charge in [-0.15, -0.1) is 0 Å². The van der Waals surface area contributed by atoms with Gasteiger partial charge in [0.1, 0.15) is 0 Å². The summed E-state index contributed by atoms with van der Waals surface area (Å²) in [6.07, 6.45) is 2.21. The first kappa shape index (κ1) is 19.3. The Kier molecular flexibility index (Phi) is 5.13. The van der Waals surface area contributed by atoms with Gasteiger partial charge in [0.25, 0.3) is 0 Å². The fourth-order valence-corrected chi connectivity index (χ4v) is 4.38. The van der Waals surface area contributed by atoms with Crippen molar-refractivity contribution in [2.75, 3.05) is 0 Å². The van der Waals surface area contributed by atoms with E-state index in [9.17, 15) is 4.79 Å². The lowest BCUT2D eigenvalue weighted by atomic mass is 10.00. The van der Waals surface area contributed by atoms with Gasteiger partial charge in [-0.3, -0.25) is 4.79 Å². The second kappa shape index (κ2) is 8.23. The summed E-state index contributed by atoms with van der Waals surface area (Å²) in [6.45, 7) is 1.89. The van der Waals surface area contributed by atoms with Gasteiger partial charge in [0.2, 0.25) is 5.91 Å². The lowest BCUT2D eigenvalue weighted by molar-refractivity contribution is -0.121. The molecule has 0 bridgehead atoms. The molecule has 5 rings (SSSR count). The molecule has 31 heavy (non-hydrogen) atoms. The molecule has 1 N–H and O–H groups in total. The van der Waals surface area contributed by atoms with Crippen LogP contribution in [0.4, 0.5) is 0 Å². The number of aromatic nitrogens is 1. The largest absolute Gasteiger partial charge is 0.356 e. The molecule has 0 fully saturated rings. The predicted octanol–water partition coefficient (Wildman–Crippen LogP) is 5.66. The fourth-order valence-electron chi connectivity index (χ4n) is 4.38. The van der Waals surface area contributed by atoms with Crippen molar-refractivity contribution in [3.8, 4) is 22.5 Å². The molecular formula is C27H24N2O2. The summed E-state index contributed by atoms with van der Waals surface area (Å²) in [5.74, 6) is 0.661. The normalized spacial score (nSPS) is 14.9. The average Bonchev–Trinajstić information content (AvgIpc) is 3.38. The summed E-state index contributed by atoms with van der Waals surface area (Å²) in [5, 5.41) is 7.34. The monoisotopic (exact) mass is 408 g/mol. The summed E-state index contributed by atoms with van der Waals surface area (Å²) >= 11 is 0. The topological polar surface area (TPSA) is 55.1 Å². The van der Waals surface area contributed by atoms with E-state index in [1.165, 1.54) is 16.7 Å². The van der Waals surface area contributed by atoms with Gasteiger partial charge in [-0.25, -0.2) is 0 Å². The Bertz CT molecular complexity index is 1210. The molecular weight excluding hydrogens is 384 g/mol. The molecule has 0 aliphatic heterocycles. The number of carbonyl (C=O) groups excluding carboxylic acids is 1. The molecule has 1 aliphatic carbocycles. The van der Waals surface area contributed by atoms with Crippen molar-refractivity contribution in [2.24, 2.45) is 0 Å². The van der Waals surface area contributed by atoms with Crippen molar-refractivity contribution in [3.63, 3.8) is 0 Å². The molecule has 4 aromatic rings. The van der Waals surface area contributed by atoms with Crippen LogP contribution in [0, 0.1) is 6.92 Å². The van der Waals surface area contributed by atoms with Crippen molar-refractivity contribution in [1.29, 1.82) is 0 Å². The number of aryl methyl sites for hydroxylation is 2. The third-order valence-corrected chi connectivity index (χ3v) is 6.04. The highest BCUT2D eigenvalue weighted by atomic mass is 16.5. The third-order valence-electron chi connectivity index (χ3n) is 6.04. The summed E-state index contributed by atoms with van der Waals surface area (Å²) in [5.41, 5.74) is 7.39. The van der Waals surface area contributed by atoms with E-state index in [0.29, 0.717) is 5.76 Å². The summed E-state index contributed by atoms with van der Waals surface area (Å²) in [6, 6.07) is 26.9. The smallest absolute Gasteiger partial charge is 0.225 e. The summed E-state index contributed by atoms with van der Waals surface area (Å²) < 4.78 is 5.62. The molecule has 4 heteroatoms. The third kappa shape index (κ3) is 3.89. The van der Waals surface area contributed by atoms with Crippen LogP contribution >= 0.6 is 0 Å². The second-order valence-electron chi connectivity index (χ2n) is 8.05. The first-order valence-electron chi connectivity index (χ1n) is 10.7. The van der Waals surface area contributed by atoms with Gasteiger partial charge in [-0.2, -0.15) is 0 Å². The molecule has 1 heterocycles. The number of amides is 1. The van der Waals surface area contributed by atoms with E-state index in [1.54, 1.807) is 0 Å². The maximum Gasteiger partial charge on any atom is 0.225 e. The van der Waals surface area contributed by atoms with Gasteiger partial charge in [0.05, 0.1) is 18.2 Å². The Morgan fingerprint density at radius 3 is 2.42 bits per heavy atom.